The number of thioether (sulfide) groups is 1. The number of aromatic nitrogens is 2. The summed E-state index contributed by atoms with van der Waals surface area (Å²) in [5.74, 6) is -0.845. The minimum Gasteiger partial charge on any atom is -0.448 e. The molecule has 8 nitrogen and oxygen atoms in total. The summed E-state index contributed by atoms with van der Waals surface area (Å²) < 4.78 is 6.26. The molecule has 2 amide bonds. The first-order valence-corrected chi connectivity index (χ1v) is 17.0. The largest absolute Gasteiger partial charge is 0.448 e. The summed E-state index contributed by atoms with van der Waals surface area (Å²) in [7, 11) is 0. The molecule has 3 aromatic carbocycles. The summed E-state index contributed by atoms with van der Waals surface area (Å²) >= 11 is 4.33. The van der Waals surface area contributed by atoms with Crippen LogP contribution in [0, 0.1) is 0 Å². The first-order chi connectivity index (χ1) is 22.1. The number of nitrogens with one attached hydrogen (secondary N) is 1. The Balaban J connectivity index is 1.23. The number of rotatable bonds is 9. The van der Waals surface area contributed by atoms with Gasteiger partial charge in [0.05, 0.1) is 6.42 Å². The highest BCUT2D eigenvalue weighted by Crippen LogP contribution is 2.45. The normalized spacial score (nSPS) is 17.5. The fourth-order valence-electron chi connectivity index (χ4n) is 5.36. The maximum Gasteiger partial charge on any atom is 0.356 e. The van der Waals surface area contributed by atoms with E-state index in [0.717, 1.165) is 21.6 Å². The molecule has 45 heavy (non-hydrogen) atoms. The molecule has 0 aliphatic carbocycles. The number of hydrogen-bond donors (Lipinski definition) is 1. The van der Waals surface area contributed by atoms with Gasteiger partial charge in [0.1, 0.15) is 27.1 Å². The van der Waals surface area contributed by atoms with Gasteiger partial charge in [0.25, 0.3) is 5.91 Å². The topological polar surface area (TPSA) is 101 Å². The molecular formula is C34H26N4O4S3. The monoisotopic (exact) mass is 650 g/mol. The van der Waals surface area contributed by atoms with Crippen LogP contribution < -0.4 is 5.32 Å². The number of thiophene rings is 1. The van der Waals surface area contributed by atoms with Crippen molar-refractivity contribution >= 4 is 57.8 Å². The van der Waals surface area contributed by atoms with Crippen molar-refractivity contribution < 1.29 is 19.1 Å². The molecule has 0 spiro atoms. The van der Waals surface area contributed by atoms with E-state index < -0.39 is 23.5 Å². The average Bonchev–Trinajstić information content (AvgIpc) is 3.79. The SMILES string of the molecule is O=C(Cc1cccs1)NC1C(=O)N2C(C(=O)OC(c3ccccc3)c3ccccc3)=C(c3nnc(-c4ccccc4)s3)CS[C@H]12. The Morgan fingerprint density at radius 2 is 1.51 bits per heavy atom. The van der Waals surface area contributed by atoms with E-state index >= 15 is 0 Å². The predicted molar refractivity (Wildman–Crippen MR) is 176 cm³/mol. The minimum absolute atomic E-state index is 0.139. The van der Waals surface area contributed by atoms with E-state index in [9.17, 15) is 14.4 Å². The highest BCUT2D eigenvalue weighted by atomic mass is 32.2. The lowest BCUT2D eigenvalue weighted by molar-refractivity contribution is -0.154. The molecule has 0 radical (unpaired) electrons. The zero-order valence-corrected chi connectivity index (χ0v) is 26.2. The lowest BCUT2D eigenvalue weighted by Gasteiger charge is -2.49. The van der Waals surface area contributed by atoms with Gasteiger partial charge in [-0.25, -0.2) is 4.79 Å². The van der Waals surface area contributed by atoms with Gasteiger partial charge < -0.3 is 10.1 Å². The number of hydrogen-bond acceptors (Lipinski definition) is 9. The molecule has 5 aromatic rings. The zero-order chi connectivity index (χ0) is 30.8. The molecule has 4 heterocycles. The van der Waals surface area contributed by atoms with E-state index in [1.54, 1.807) is 0 Å². The summed E-state index contributed by atoms with van der Waals surface area (Å²) in [6, 6.07) is 31.7. The zero-order valence-electron chi connectivity index (χ0n) is 23.7. The number of nitrogens with zero attached hydrogens (tertiary/aromatic N) is 3. The molecule has 2 aliphatic heterocycles. The first-order valence-electron chi connectivity index (χ1n) is 14.3. The second kappa shape index (κ2) is 12.8. The van der Waals surface area contributed by atoms with Crippen LogP contribution in [-0.2, 0) is 25.5 Å². The summed E-state index contributed by atoms with van der Waals surface area (Å²) in [6.45, 7) is 0. The van der Waals surface area contributed by atoms with Gasteiger partial charge in [-0.1, -0.05) is 108 Å². The van der Waals surface area contributed by atoms with Crippen LogP contribution in [-0.4, -0.2) is 50.0 Å². The van der Waals surface area contributed by atoms with Gasteiger partial charge >= 0.3 is 5.97 Å². The first kappa shape index (κ1) is 29.1. The van der Waals surface area contributed by atoms with Crippen LogP contribution in [0.1, 0.15) is 27.1 Å². The minimum atomic E-state index is -0.750. The molecule has 2 aliphatic rings. The van der Waals surface area contributed by atoms with Crippen molar-refractivity contribution in [2.24, 2.45) is 0 Å². The Bertz CT molecular complexity index is 1820. The maximum atomic E-state index is 14.3. The van der Waals surface area contributed by atoms with Crippen molar-refractivity contribution in [2.45, 2.75) is 23.9 Å². The van der Waals surface area contributed by atoms with Crippen LogP contribution in [0.5, 0.6) is 0 Å². The third-order valence-electron chi connectivity index (χ3n) is 7.53. The van der Waals surface area contributed by atoms with Gasteiger partial charge in [-0.2, -0.15) is 0 Å². The Kier molecular flexibility index (Phi) is 8.29. The van der Waals surface area contributed by atoms with Crippen LogP contribution in [0.3, 0.4) is 0 Å². The molecule has 1 fully saturated rings. The number of carbonyl (C=O) groups is 3. The second-order valence-corrected chi connectivity index (χ2v) is 13.5. The van der Waals surface area contributed by atoms with Crippen molar-refractivity contribution in [3.05, 3.63) is 135 Å². The molecule has 11 heteroatoms. The van der Waals surface area contributed by atoms with Gasteiger partial charge in [-0.05, 0) is 22.6 Å². The Labute approximate surface area is 271 Å². The molecule has 1 unspecified atom stereocenters. The number of amides is 2. The summed E-state index contributed by atoms with van der Waals surface area (Å²) in [5.41, 5.74) is 3.24. The van der Waals surface area contributed by atoms with Gasteiger partial charge in [-0.3, -0.25) is 14.5 Å². The fourth-order valence-corrected chi connectivity index (χ4v) is 8.39. The quantitative estimate of drug-likeness (QED) is 0.155. The van der Waals surface area contributed by atoms with Crippen molar-refractivity contribution in [2.75, 3.05) is 5.75 Å². The summed E-state index contributed by atoms with van der Waals surface area (Å²) in [4.78, 5) is 43.2. The number of esters is 1. The van der Waals surface area contributed by atoms with E-state index in [1.165, 1.54) is 39.3 Å². The summed E-state index contributed by atoms with van der Waals surface area (Å²) in [6.07, 6.45) is -0.508. The standard InChI is InChI=1S/C34H26N4O4S3/c39-26(19-24-17-10-18-43-24)35-27-32(40)38-28(34(41)42-29(21-11-4-1-5-12-21)22-13-6-2-7-14-22)25(20-44-33(27)38)31-37-36-30(45-31)23-15-8-3-9-16-23/h1-18,27,29,33H,19-20H2,(H,35,39)/t27?,33-/m1/s1. The van der Waals surface area contributed by atoms with E-state index in [4.69, 9.17) is 4.74 Å². The lowest BCUT2D eigenvalue weighted by atomic mass is 10.0. The maximum absolute atomic E-state index is 14.3. The predicted octanol–water partition coefficient (Wildman–Crippen LogP) is 5.95. The molecule has 1 saturated heterocycles. The van der Waals surface area contributed by atoms with Crippen molar-refractivity contribution in [1.29, 1.82) is 0 Å². The number of benzene rings is 3. The number of carbonyl (C=O) groups excluding carboxylic acids is 3. The van der Waals surface area contributed by atoms with E-state index in [1.807, 2.05) is 109 Å². The lowest BCUT2D eigenvalue weighted by Crippen LogP contribution is -2.70. The van der Waals surface area contributed by atoms with E-state index in [-0.39, 0.29) is 23.9 Å². The molecule has 0 bridgehead atoms. The van der Waals surface area contributed by atoms with Crippen LogP contribution in [0.4, 0.5) is 0 Å². The molecule has 2 atom stereocenters. The molecular weight excluding hydrogens is 625 g/mol. The fraction of sp³-hybridized carbons (Fsp3) is 0.147. The second-order valence-electron chi connectivity index (χ2n) is 10.4. The average molecular weight is 651 g/mol. The smallest absolute Gasteiger partial charge is 0.356 e. The highest BCUT2D eigenvalue weighted by molar-refractivity contribution is 8.00. The Morgan fingerprint density at radius 3 is 2.16 bits per heavy atom. The summed E-state index contributed by atoms with van der Waals surface area (Å²) in [5, 5.41) is 14.4. The van der Waals surface area contributed by atoms with Crippen LogP contribution in [0.2, 0.25) is 0 Å². The van der Waals surface area contributed by atoms with Crippen LogP contribution >= 0.6 is 34.4 Å². The van der Waals surface area contributed by atoms with E-state index in [2.05, 4.69) is 15.5 Å². The highest BCUT2D eigenvalue weighted by Gasteiger charge is 2.55. The third kappa shape index (κ3) is 5.94. The third-order valence-corrected chi connectivity index (χ3v) is 10.7. The van der Waals surface area contributed by atoms with Crippen molar-refractivity contribution in [3.63, 3.8) is 0 Å². The molecule has 1 N–H and O–H groups in total. The van der Waals surface area contributed by atoms with Crippen molar-refractivity contribution in [1.82, 2.24) is 20.4 Å². The van der Waals surface area contributed by atoms with Gasteiger partial charge in [0.15, 0.2) is 6.10 Å². The van der Waals surface area contributed by atoms with Gasteiger partial charge in [0.2, 0.25) is 5.91 Å². The Morgan fingerprint density at radius 1 is 0.867 bits per heavy atom. The van der Waals surface area contributed by atoms with E-state index in [0.29, 0.717) is 21.3 Å². The van der Waals surface area contributed by atoms with Gasteiger partial charge in [0, 0.05) is 21.8 Å². The molecule has 224 valence electrons. The number of ether oxygens (including phenoxy) is 1. The molecule has 0 saturated carbocycles. The molecule has 2 aromatic heterocycles. The number of β-lactam (4-membered cyclic amide) rings is 1. The van der Waals surface area contributed by atoms with Gasteiger partial charge in [-0.15, -0.1) is 33.3 Å². The molecule has 7 rings (SSSR count). The van der Waals surface area contributed by atoms with Crippen LogP contribution in [0.25, 0.3) is 16.1 Å². The Hall–Kier alpha value is -4.58. The van der Waals surface area contributed by atoms with Crippen molar-refractivity contribution in [3.8, 4) is 10.6 Å². The number of fused-ring (bicyclic) bond motifs is 1. The van der Waals surface area contributed by atoms with Crippen LogP contribution in [0.15, 0.2) is 114 Å².